The fourth-order valence-corrected chi connectivity index (χ4v) is 3.34. The molecule has 114 valence electrons. The fourth-order valence-electron chi connectivity index (χ4n) is 2.25. The lowest BCUT2D eigenvalue weighted by molar-refractivity contribution is 0.0911. The highest BCUT2D eigenvalue weighted by molar-refractivity contribution is 7.89. The molecule has 0 spiro atoms. The SMILES string of the molecule is Cc1nc2n(n1)CCC[C@H]2NS(=O)(=O)CCOC(C)C. The molecule has 8 heteroatoms. The Kier molecular flexibility index (Phi) is 4.77. The van der Waals surface area contributed by atoms with Gasteiger partial charge in [-0.05, 0) is 33.6 Å². The molecule has 1 aliphatic heterocycles. The highest BCUT2D eigenvalue weighted by atomic mass is 32.2. The summed E-state index contributed by atoms with van der Waals surface area (Å²) in [4.78, 5) is 4.32. The maximum Gasteiger partial charge on any atom is 0.214 e. The summed E-state index contributed by atoms with van der Waals surface area (Å²) in [6.07, 6.45) is 1.68. The fraction of sp³-hybridized carbons (Fsp3) is 0.833. The molecular weight excluding hydrogens is 280 g/mol. The lowest BCUT2D eigenvalue weighted by atomic mass is 10.1. The lowest BCUT2D eigenvalue weighted by Gasteiger charge is -2.23. The maximum atomic E-state index is 12.0. The molecule has 0 radical (unpaired) electrons. The summed E-state index contributed by atoms with van der Waals surface area (Å²) in [6.45, 7) is 6.57. The third kappa shape index (κ3) is 4.00. The number of sulfonamides is 1. The molecule has 0 amide bonds. The first-order chi connectivity index (χ1) is 9.37. The smallest absolute Gasteiger partial charge is 0.214 e. The summed E-state index contributed by atoms with van der Waals surface area (Å²) in [7, 11) is -3.37. The first kappa shape index (κ1) is 15.4. The van der Waals surface area contributed by atoms with E-state index < -0.39 is 10.0 Å². The number of fused-ring (bicyclic) bond motifs is 1. The van der Waals surface area contributed by atoms with Crippen molar-refractivity contribution in [1.29, 1.82) is 0 Å². The predicted octanol–water partition coefficient (Wildman–Crippen LogP) is 0.766. The molecule has 0 aromatic carbocycles. The highest BCUT2D eigenvalue weighted by Gasteiger charge is 2.27. The monoisotopic (exact) mass is 302 g/mol. The number of rotatable bonds is 6. The van der Waals surface area contributed by atoms with Gasteiger partial charge in [0, 0.05) is 6.54 Å². The van der Waals surface area contributed by atoms with Crippen molar-refractivity contribution >= 4 is 10.0 Å². The molecule has 1 atom stereocenters. The van der Waals surface area contributed by atoms with Gasteiger partial charge in [-0.1, -0.05) is 0 Å². The van der Waals surface area contributed by atoms with Gasteiger partial charge in [-0.15, -0.1) is 0 Å². The van der Waals surface area contributed by atoms with Crippen LogP contribution >= 0.6 is 0 Å². The number of ether oxygens (including phenoxy) is 1. The number of nitrogens with one attached hydrogen (secondary N) is 1. The minimum atomic E-state index is -3.37. The first-order valence-corrected chi connectivity index (χ1v) is 8.55. The quantitative estimate of drug-likeness (QED) is 0.838. The molecule has 2 rings (SSSR count). The average Bonchev–Trinajstić information content (AvgIpc) is 2.69. The van der Waals surface area contributed by atoms with Crippen molar-refractivity contribution in [3.8, 4) is 0 Å². The third-order valence-corrected chi connectivity index (χ3v) is 4.45. The van der Waals surface area contributed by atoms with Crippen molar-refractivity contribution in [1.82, 2.24) is 19.5 Å². The van der Waals surface area contributed by atoms with Crippen molar-refractivity contribution in [3.63, 3.8) is 0 Å². The van der Waals surface area contributed by atoms with Crippen LogP contribution in [0.4, 0.5) is 0 Å². The summed E-state index contributed by atoms with van der Waals surface area (Å²) in [6, 6.07) is -0.283. The molecule has 7 nitrogen and oxygen atoms in total. The minimum absolute atomic E-state index is 0.0329. The van der Waals surface area contributed by atoms with Gasteiger partial charge in [0.2, 0.25) is 10.0 Å². The van der Waals surface area contributed by atoms with Gasteiger partial charge in [-0.2, -0.15) is 5.10 Å². The van der Waals surface area contributed by atoms with Crippen molar-refractivity contribution < 1.29 is 13.2 Å². The van der Waals surface area contributed by atoms with Crippen LogP contribution in [0.25, 0.3) is 0 Å². The van der Waals surface area contributed by atoms with Crippen LogP contribution in [0.5, 0.6) is 0 Å². The standard InChI is InChI=1S/C12H22N4O3S/c1-9(2)19-7-8-20(17,18)15-11-5-4-6-16-12(11)13-10(3)14-16/h9,11,15H,4-8H2,1-3H3/t11-/m1/s1. The summed E-state index contributed by atoms with van der Waals surface area (Å²) >= 11 is 0. The molecule has 0 fully saturated rings. The van der Waals surface area contributed by atoms with Gasteiger partial charge in [-0.25, -0.2) is 22.8 Å². The van der Waals surface area contributed by atoms with Crippen LogP contribution in [-0.2, 0) is 21.3 Å². The predicted molar refractivity (Wildman–Crippen MR) is 74.7 cm³/mol. The van der Waals surface area contributed by atoms with Crippen molar-refractivity contribution in [2.24, 2.45) is 0 Å². The van der Waals surface area contributed by atoms with E-state index in [1.807, 2.05) is 20.8 Å². The van der Waals surface area contributed by atoms with E-state index >= 15 is 0 Å². The van der Waals surface area contributed by atoms with Gasteiger partial charge in [0.25, 0.3) is 0 Å². The highest BCUT2D eigenvalue weighted by Crippen LogP contribution is 2.23. The zero-order chi connectivity index (χ0) is 14.8. The first-order valence-electron chi connectivity index (χ1n) is 6.90. The third-order valence-electron chi connectivity index (χ3n) is 3.11. The van der Waals surface area contributed by atoms with Gasteiger partial charge >= 0.3 is 0 Å². The molecule has 1 aromatic heterocycles. The zero-order valence-corrected chi connectivity index (χ0v) is 13.0. The van der Waals surface area contributed by atoms with E-state index in [-0.39, 0.29) is 24.5 Å². The number of aryl methyl sites for hydroxylation is 2. The Morgan fingerprint density at radius 1 is 1.50 bits per heavy atom. The topological polar surface area (TPSA) is 86.1 Å². The molecule has 0 saturated heterocycles. The van der Waals surface area contributed by atoms with E-state index in [4.69, 9.17) is 4.74 Å². The second kappa shape index (κ2) is 6.19. The Morgan fingerprint density at radius 3 is 2.95 bits per heavy atom. The average molecular weight is 302 g/mol. The van der Waals surface area contributed by atoms with Crippen LogP contribution in [0.2, 0.25) is 0 Å². The van der Waals surface area contributed by atoms with Gasteiger partial charge in [-0.3, -0.25) is 0 Å². The number of aromatic nitrogens is 3. The van der Waals surface area contributed by atoms with Crippen LogP contribution in [0.15, 0.2) is 0 Å². The molecule has 1 aromatic rings. The molecule has 1 N–H and O–H groups in total. The van der Waals surface area contributed by atoms with E-state index in [9.17, 15) is 8.42 Å². The zero-order valence-electron chi connectivity index (χ0n) is 12.2. The molecule has 0 saturated carbocycles. The Labute approximate surface area is 119 Å². The largest absolute Gasteiger partial charge is 0.378 e. The summed E-state index contributed by atoms with van der Waals surface area (Å²) in [5.41, 5.74) is 0. The van der Waals surface area contributed by atoms with Crippen molar-refractivity contribution in [3.05, 3.63) is 11.6 Å². The molecule has 2 heterocycles. The number of nitrogens with zero attached hydrogens (tertiary/aromatic N) is 3. The van der Waals surface area contributed by atoms with Crippen molar-refractivity contribution in [2.75, 3.05) is 12.4 Å². The second-order valence-corrected chi connectivity index (χ2v) is 7.16. The van der Waals surface area contributed by atoms with Crippen LogP contribution in [0, 0.1) is 6.92 Å². The van der Waals surface area contributed by atoms with Crippen LogP contribution < -0.4 is 4.72 Å². The van der Waals surface area contributed by atoms with Crippen LogP contribution in [0.3, 0.4) is 0 Å². The van der Waals surface area contributed by atoms with E-state index in [0.717, 1.165) is 19.4 Å². The number of hydrogen-bond donors (Lipinski definition) is 1. The molecular formula is C12H22N4O3S. The molecule has 0 aliphatic carbocycles. The normalized spacial score (nSPS) is 19.3. The Morgan fingerprint density at radius 2 is 2.25 bits per heavy atom. The van der Waals surface area contributed by atoms with Gasteiger partial charge in [0.1, 0.15) is 11.6 Å². The number of hydrogen-bond acceptors (Lipinski definition) is 5. The van der Waals surface area contributed by atoms with Crippen LogP contribution in [-0.4, -0.2) is 41.6 Å². The van der Waals surface area contributed by atoms with E-state index in [1.165, 1.54) is 0 Å². The lowest BCUT2D eigenvalue weighted by Crippen LogP contribution is -2.35. The van der Waals surface area contributed by atoms with Crippen molar-refractivity contribution in [2.45, 2.75) is 52.3 Å². The molecule has 0 unspecified atom stereocenters. The minimum Gasteiger partial charge on any atom is -0.378 e. The van der Waals surface area contributed by atoms with E-state index in [2.05, 4.69) is 14.8 Å². The summed E-state index contributed by atoms with van der Waals surface area (Å²) < 4.78 is 33.9. The summed E-state index contributed by atoms with van der Waals surface area (Å²) in [5, 5.41) is 4.26. The van der Waals surface area contributed by atoms with Gasteiger partial charge in [0.05, 0.1) is 24.5 Å². The second-order valence-electron chi connectivity index (χ2n) is 5.29. The van der Waals surface area contributed by atoms with Crippen LogP contribution in [0.1, 0.15) is 44.4 Å². The molecule has 0 bridgehead atoms. The molecule has 1 aliphatic rings. The Hall–Kier alpha value is -0.990. The summed E-state index contributed by atoms with van der Waals surface area (Å²) in [5.74, 6) is 1.35. The molecule has 20 heavy (non-hydrogen) atoms. The van der Waals surface area contributed by atoms with Gasteiger partial charge < -0.3 is 4.74 Å². The van der Waals surface area contributed by atoms with Gasteiger partial charge in [0.15, 0.2) is 0 Å². The van der Waals surface area contributed by atoms with E-state index in [0.29, 0.717) is 11.6 Å². The Bertz CT molecular complexity index is 553. The van der Waals surface area contributed by atoms with E-state index in [1.54, 1.807) is 4.68 Å². The maximum absolute atomic E-state index is 12.0. The Balaban J connectivity index is 1.99.